The van der Waals surface area contributed by atoms with Crippen molar-refractivity contribution in [3.05, 3.63) is 29.8 Å². The highest BCUT2D eigenvalue weighted by atomic mass is 16.5. The summed E-state index contributed by atoms with van der Waals surface area (Å²) in [5, 5.41) is 0. The summed E-state index contributed by atoms with van der Waals surface area (Å²) in [6, 6.07) is 7.06. The van der Waals surface area contributed by atoms with Crippen LogP contribution in [-0.2, 0) is 4.79 Å². The first-order valence-electron chi connectivity index (χ1n) is 6.16. The number of carbonyl (C=O) groups is 2. The molecule has 4 heteroatoms. The molecular weight excluding hydrogens is 230 g/mol. The fourth-order valence-corrected chi connectivity index (χ4v) is 1.78. The van der Waals surface area contributed by atoms with Crippen LogP contribution in [0.5, 0.6) is 5.75 Å². The summed E-state index contributed by atoms with van der Waals surface area (Å²) in [6.07, 6.45) is 1.52. The molecule has 2 rings (SSSR count). The van der Waals surface area contributed by atoms with E-state index in [-0.39, 0.29) is 11.7 Å². The number of Topliss-reactive ketones (excluding diaryl/α,β-unsaturated/α-hetero) is 1. The Morgan fingerprint density at radius 1 is 1.17 bits per heavy atom. The van der Waals surface area contributed by atoms with Gasteiger partial charge in [0.05, 0.1) is 7.11 Å². The lowest BCUT2D eigenvalue weighted by molar-refractivity contribution is -0.125. The molecule has 1 heterocycles. The number of hydrogen-bond donors (Lipinski definition) is 0. The Morgan fingerprint density at radius 3 is 2.39 bits per heavy atom. The second kappa shape index (κ2) is 5.67. The van der Waals surface area contributed by atoms with E-state index in [9.17, 15) is 9.59 Å². The second-order valence-corrected chi connectivity index (χ2v) is 4.39. The van der Waals surface area contributed by atoms with E-state index in [1.165, 1.54) is 0 Å². The van der Waals surface area contributed by atoms with E-state index in [0.717, 1.165) is 18.8 Å². The molecule has 1 fully saturated rings. The molecule has 1 amide bonds. The van der Waals surface area contributed by atoms with Crippen LogP contribution in [0.4, 0.5) is 0 Å². The SMILES string of the molecule is COc1ccc(C(=O)CCCC(=O)N2CC2)cc1. The zero-order valence-electron chi connectivity index (χ0n) is 10.5. The Labute approximate surface area is 107 Å². The van der Waals surface area contributed by atoms with Gasteiger partial charge in [0.25, 0.3) is 0 Å². The van der Waals surface area contributed by atoms with Crippen LogP contribution >= 0.6 is 0 Å². The largest absolute Gasteiger partial charge is 0.497 e. The summed E-state index contributed by atoms with van der Waals surface area (Å²) in [5.74, 6) is 0.983. The zero-order valence-corrected chi connectivity index (χ0v) is 10.5. The van der Waals surface area contributed by atoms with Crippen molar-refractivity contribution >= 4 is 11.7 Å². The minimum Gasteiger partial charge on any atom is -0.497 e. The van der Waals surface area contributed by atoms with E-state index in [4.69, 9.17) is 4.74 Å². The van der Waals surface area contributed by atoms with Gasteiger partial charge in [-0.1, -0.05) is 0 Å². The zero-order chi connectivity index (χ0) is 13.0. The van der Waals surface area contributed by atoms with Crippen molar-refractivity contribution in [1.82, 2.24) is 4.90 Å². The van der Waals surface area contributed by atoms with Gasteiger partial charge >= 0.3 is 0 Å². The predicted octanol–water partition coefficient (Wildman–Crippen LogP) is 1.89. The first-order valence-corrected chi connectivity index (χ1v) is 6.16. The van der Waals surface area contributed by atoms with Gasteiger partial charge in [-0.05, 0) is 30.7 Å². The lowest BCUT2D eigenvalue weighted by atomic mass is 10.1. The smallest absolute Gasteiger partial charge is 0.222 e. The molecule has 18 heavy (non-hydrogen) atoms. The molecule has 0 bridgehead atoms. The monoisotopic (exact) mass is 247 g/mol. The first kappa shape index (κ1) is 12.6. The molecule has 0 spiro atoms. The molecule has 1 aromatic carbocycles. The fourth-order valence-electron chi connectivity index (χ4n) is 1.78. The van der Waals surface area contributed by atoms with Gasteiger partial charge in [-0.25, -0.2) is 0 Å². The molecule has 1 aliphatic heterocycles. The molecular formula is C14H17NO3. The number of benzene rings is 1. The summed E-state index contributed by atoms with van der Waals surface area (Å²) >= 11 is 0. The van der Waals surface area contributed by atoms with Gasteiger partial charge in [0, 0.05) is 31.5 Å². The van der Waals surface area contributed by atoms with Crippen molar-refractivity contribution in [2.24, 2.45) is 0 Å². The van der Waals surface area contributed by atoms with Crippen molar-refractivity contribution in [3.63, 3.8) is 0 Å². The Hall–Kier alpha value is -1.84. The van der Waals surface area contributed by atoms with Crippen LogP contribution in [0.3, 0.4) is 0 Å². The Bertz CT molecular complexity index is 435. The molecule has 0 unspecified atom stereocenters. The topological polar surface area (TPSA) is 46.4 Å². The molecule has 0 aromatic heterocycles. The summed E-state index contributed by atoms with van der Waals surface area (Å²) < 4.78 is 5.03. The minimum atomic E-state index is 0.0799. The molecule has 1 saturated heterocycles. The highest BCUT2D eigenvalue weighted by Crippen LogP contribution is 2.15. The number of methoxy groups -OCH3 is 1. The standard InChI is InChI=1S/C14H17NO3/c1-18-12-7-5-11(6-8-12)13(16)3-2-4-14(17)15-9-10-15/h5-8H,2-4,9-10H2,1H3. The molecule has 1 aromatic rings. The van der Waals surface area contributed by atoms with Gasteiger partial charge in [-0.15, -0.1) is 0 Å². The van der Waals surface area contributed by atoms with E-state index in [1.54, 1.807) is 36.3 Å². The Balaban J connectivity index is 1.77. The summed E-state index contributed by atoms with van der Waals surface area (Å²) in [7, 11) is 1.59. The molecule has 96 valence electrons. The van der Waals surface area contributed by atoms with Gasteiger partial charge < -0.3 is 9.64 Å². The van der Waals surface area contributed by atoms with Crippen molar-refractivity contribution in [1.29, 1.82) is 0 Å². The lowest BCUT2D eigenvalue weighted by Crippen LogP contribution is -2.10. The number of carbonyl (C=O) groups excluding carboxylic acids is 2. The molecule has 0 aliphatic carbocycles. The number of nitrogens with zero attached hydrogens (tertiary/aromatic N) is 1. The molecule has 1 aliphatic rings. The fraction of sp³-hybridized carbons (Fsp3) is 0.429. The molecule has 0 radical (unpaired) electrons. The van der Waals surface area contributed by atoms with Crippen LogP contribution in [0.15, 0.2) is 24.3 Å². The van der Waals surface area contributed by atoms with Crippen LogP contribution in [0.25, 0.3) is 0 Å². The third kappa shape index (κ3) is 3.32. The van der Waals surface area contributed by atoms with Crippen molar-refractivity contribution in [2.75, 3.05) is 20.2 Å². The van der Waals surface area contributed by atoms with E-state index >= 15 is 0 Å². The van der Waals surface area contributed by atoms with Gasteiger partial charge in [0.1, 0.15) is 5.75 Å². The van der Waals surface area contributed by atoms with Gasteiger partial charge in [-0.2, -0.15) is 0 Å². The number of ether oxygens (including phenoxy) is 1. The third-order valence-corrected chi connectivity index (χ3v) is 3.01. The Morgan fingerprint density at radius 2 is 1.83 bits per heavy atom. The normalized spacial score (nSPS) is 13.3. The highest BCUT2D eigenvalue weighted by Gasteiger charge is 2.23. The highest BCUT2D eigenvalue weighted by molar-refractivity contribution is 5.96. The van der Waals surface area contributed by atoms with E-state index in [1.807, 2.05) is 0 Å². The number of ketones is 1. The van der Waals surface area contributed by atoms with Crippen molar-refractivity contribution in [2.45, 2.75) is 19.3 Å². The summed E-state index contributed by atoms with van der Waals surface area (Å²) in [5.41, 5.74) is 0.676. The van der Waals surface area contributed by atoms with E-state index in [0.29, 0.717) is 24.8 Å². The van der Waals surface area contributed by atoms with E-state index < -0.39 is 0 Å². The quantitative estimate of drug-likeness (QED) is 0.569. The maximum absolute atomic E-state index is 11.8. The molecule has 0 atom stereocenters. The van der Waals surface area contributed by atoms with Crippen LogP contribution in [0, 0.1) is 0 Å². The third-order valence-electron chi connectivity index (χ3n) is 3.01. The van der Waals surface area contributed by atoms with Gasteiger partial charge in [-0.3, -0.25) is 9.59 Å². The average molecular weight is 247 g/mol. The predicted molar refractivity (Wildman–Crippen MR) is 67.8 cm³/mol. The maximum atomic E-state index is 11.8. The maximum Gasteiger partial charge on any atom is 0.222 e. The van der Waals surface area contributed by atoms with Crippen LogP contribution in [0.2, 0.25) is 0 Å². The van der Waals surface area contributed by atoms with E-state index in [2.05, 4.69) is 0 Å². The number of amides is 1. The average Bonchev–Trinajstić information content (AvgIpc) is 3.23. The molecule has 0 N–H and O–H groups in total. The van der Waals surface area contributed by atoms with Gasteiger partial charge in [0.15, 0.2) is 5.78 Å². The Kier molecular flexibility index (Phi) is 3.97. The number of rotatable bonds is 6. The lowest BCUT2D eigenvalue weighted by Gasteiger charge is -2.03. The van der Waals surface area contributed by atoms with Crippen LogP contribution < -0.4 is 4.74 Å². The van der Waals surface area contributed by atoms with Crippen LogP contribution in [0.1, 0.15) is 29.6 Å². The van der Waals surface area contributed by atoms with Gasteiger partial charge in [0.2, 0.25) is 5.91 Å². The van der Waals surface area contributed by atoms with Crippen molar-refractivity contribution in [3.8, 4) is 5.75 Å². The van der Waals surface area contributed by atoms with Crippen molar-refractivity contribution < 1.29 is 14.3 Å². The summed E-state index contributed by atoms with van der Waals surface area (Å²) in [6.45, 7) is 1.76. The second-order valence-electron chi connectivity index (χ2n) is 4.39. The minimum absolute atomic E-state index is 0.0799. The molecule has 0 saturated carbocycles. The van der Waals surface area contributed by atoms with Crippen LogP contribution in [-0.4, -0.2) is 36.8 Å². The number of hydrogen-bond acceptors (Lipinski definition) is 3. The summed E-state index contributed by atoms with van der Waals surface area (Å²) in [4.78, 5) is 25.0. The first-order chi connectivity index (χ1) is 8.70. The molecule has 4 nitrogen and oxygen atoms in total.